The first-order valence-electron chi connectivity index (χ1n) is 6.24. The molecule has 110 valence electrons. The van der Waals surface area contributed by atoms with Crippen LogP contribution in [0.25, 0.3) is 0 Å². The van der Waals surface area contributed by atoms with Crippen LogP contribution < -0.4 is 10.5 Å². The fourth-order valence-electron chi connectivity index (χ4n) is 1.76. The van der Waals surface area contributed by atoms with Crippen LogP contribution in [0.3, 0.4) is 0 Å². The van der Waals surface area contributed by atoms with Crippen molar-refractivity contribution >= 4 is 15.8 Å². The Kier molecular flexibility index (Phi) is 4.31. The van der Waals surface area contributed by atoms with Gasteiger partial charge in [-0.15, -0.1) is 0 Å². The fourth-order valence-corrected chi connectivity index (χ4v) is 2.84. The van der Waals surface area contributed by atoms with Gasteiger partial charge in [-0.05, 0) is 30.7 Å². The number of aromatic nitrogens is 2. The average molecular weight is 304 g/mol. The maximum Gasteiger partial charge on any atom is 0.263 e. The van der Waals surface area contributed by atoms with E-state index in [1.165, 1.54) is 10.7 Å². The quantitative estimate of drug-likeness (QED) is 0.822. The Morgan fingerprint density at radius 3 is 2.71 bits per heavy atom. The molecule has 3 N–H and O–H groups in total. The summed E-state index contributed by atoms with van der Waals surface area (Å²) >= 11 is 0. The van der Waals surface area contributed by atoms with E-state index in [-0.39, 0.29) is 17.3 Å². The summed E-state index contributed by atoms with van der Waals surface area (Å²) in [5.74, 6) is 5.92. The van der Waals surface area contributed by atoms with Crippen molar-refractivity contribution in [2.45, 2.75) is 11.8 Å². The van der Waals surface area contributed by atoms with Crippen LogP contribution in [0.4, 0.5) is 5.82 Å². The van der Waals surface area contributed by atoms with Crippen molar-refractivity contribution in [1.29, 1.82) is 0 Å². The molecule has 1 heterocycles. The van der Waals surface area contributed by atoms with Crippen LogP contribution in [0, 0.1) is 18.8 Å². The zero-order valence-electron chi connectivity index (χ0n) is 11.8. The van der Waals surface area contributed by atoms with Crippen molar-refractivity contribution in [3.8, 4) is 11.8 Å². The molecule has 2 aromatic rings. The molecule has 0 spiro atoms. The van der Waals surface area contributed by atoms with Crippen LogP contribution in [-0.2, 0) is 17.1 Å². The molecule has 0 saturated heterocycles. The van der Waals surface area contributed by atoms with Crippen molar-refractivity contribution in [3.05, 3.63) is 41.6 Å². The van der Waals surface area contributed by atoms with Crippen LogP contribution in [0.15, 0.2) is 35.4 Å². The Balaban J connectivity index is 2.30. The van der Waals surface area contributed by atoms with Gasteiger partial charge in [-0.1, -0.05) is 11.8 Å². The number of nitrogens with two attached hydrogens (primary N) is 1. The number of nitrogens with one attached hydrogen (secondary N) is 1. The number of hydrogen-bond acceptors (Lipinski definition) is 4. The van der Waals surface area contributed by atoms with Gasteiger partial charge in [0.25, 0.3) is 10.0 Å². The van der Waals surface area contributed by atoms with E-state index in [1.807, 2.05) is 0 Å². The minimum atomic E-state index is -3.66. The summed E-state index contributed by atoms with van der Waals surface area (Å²) in [6, 6.07) is 6.35. The van der Waals surface area contributed by atoms with Gasteiger partial charge in [0.2, 0.25) is 0 Å². The summed E-state index contributed by atoms with van der Waals surface area (Å²) in [4.78, 5) is 0.170. The third-order valence-corrected chi connectivity index (χ3v) is 4.14. The monoisotopic (exact) mass is 304 g/mol. The average Bonchev–Trinajstić information content (AvgIpc) is 2.82. The molecule has 0 aliphatic carbocycles. The van der Waals surface area contributed by atoms with Gasteiger partial charge >= 0.3 is 0 Å². The Hall–Kier alpha value is -2.30. The summed E-state index contributed by atoms with van der Waals surface area (Å²) in [6.45, 7) is 2.07. The summed E-state index contributed by atoms with van der Waals surface area (Å²) in [5.41, 5.74) is 6.86. The van der Waals surface area contributed by atoms with Crippen LogP contribution in [0.5, 0.6) is 0 Å². The molecule has 0 aliphatic heterocycles. The van der Waals surface area contributed by atoms with Crippen molar-refractivity contribution in [2.24, 2.45) is 12.8 Å². The third-order valence-electron chi connectivity index (χ3n) is 2.79. The Morgan fingerprint density at radius 2 is 2.14 bits per heavy atom. The zero-order valence-corrected chi connectivity index (χ0v) is 12.6. The highest BCUT2D eigenvalue weighted by Gasteiger charge is 2.16. The largest absolute Gasteiger partial charge is 0.320 e. The highest BCUT2D eigenvalue weighted by atomic mass is 32.2. The lowest BCUT2D eigenvalue weighted by atomic mass is 10.1. The molecule has 0 saturated carbocycles. The number of hydrogen-bond donors (Lipinski definition) is 2. The highest BCUT2D eigenvalue weighted by molar-refractivity contribution is 7.92. The van der Waals surface area contributed by atoms with E-state index in [1.54, 1.807) is 38.4 Å². The topological polar surface area (TPSA) is 90.0 Å². The van der Waals surface area contributed by atoms with Crippen LogP contribution in [0.2, 0.25) is 0 Å². The molecule has 1 aromatic heterocycles. The lowest BCUT2D eigenvalue weighted by molar-refractivity contribution is 0.600. The number of aryl methyl sites for hydroxylation is 2. The molecule has 21 heavy (non-hydrogen) atoms. The smallest absolute Gasteiger partial charge is 0.263 e. The summed E-state index contributed by atoms with van der Waals surface area (Å²) in [5, 5.41) is 3.99. The molecule has 0 aliphatic rings. The maximum atomic E-state index is 12.3. The fraction of sp³-hybridized carbons (Fsp3) is 0.214. The van der Waals surface area contributed by atoms with Crippen molar-refractivity contribution < 1.29 is 8.42 Å². The van der Waals surface area contributed by atoms with Gasteiger partial charge in [0, 0.05) is 24.9 Å². The summed E-state index contributed by atoms with van der Waals surface area (Å²) in [7, 11) is -1.94. The van der Waals surface area contributed by atoms with Crippen LogP contribution >= 0.6 is 0 Å². The summed E-state index contributed by atoms with van der Waals surface area (Å²) < 4.78 is 28.5. The van der Waals surface area contributed by atoms with E-state index in [0.717, 1.165) is 11.1 Å². The highest BCUT2D eigenvalue weighted by Crippen LogP contribution is 2.17. The molecular formula is C14H16N4O2S. The van der Waals surface area contributed by atoms with E-state index >= 15 is 0 Å². The second-order valence-electron chi connectivity index (χ2n) is 4.46. The molecule has 0 radical (unpaired) electrons. The molecule has 1 aromatic carbocycles. The van der Waals surface area contributed by atoms with Crippen LogP contribution in [0.1, 0.15) is 11.1 Å². The standard InChI is InChI=1S/C14H16N4O2S/c1-11-10-13(6-5-12(11)4-3-8-15)21(19,20)17-14-7-9-18(2)16-14/h5-7,9-10H,8,15H2,1-2H3,(H,16,17). The molecule has 0 fully saturated rings. The van der Waals surface area contributed by atoms with E-state index in [0.29, 0.717) is 0 Å². The molecule has 0 amide bonds. The molecular weight excluding hydrogens is 288 g/mol. The molecule has 7 heteroatoms. The van der Waals surface area contributed by atoms with E-state index in [4.69, 9.17) is 5.73 Å². The predicted octanol–water partition coefficient (Wildman–Crippen LogP) is 0.840. The SMILES string of the molecule is Cc1cc(S(=O)(=O)Nc2ccn(C)n2)ccc1C#CCN. The predicted molar refractivity (Wildman–Crippen MR) is 81.1 cm³/mol. The van der Waals surface area contributed by atoms with Gasteiger partial charge in [-0.3, -0.25) is 9.40 Å². The number of benzene rings is 1. The Bertz CT molecular complexity index is 813. The van der Waals surface area contributed by atoms with E-state index < -0.39 is 10.0 Å². The molecule has 0 unspecified atom stereocenters. The van der Waals surface area contributed by atoms with Gasteiger partial charge in [0.05, 0.1) is 11.4 Å². The first-order valence-corrected chi connectivity index (χ1v) is 7.73. The summed E-state index contributed by atoms with van der Waals surface area (Å²) in [6.07, 6.45) is 1.66. The van der Waals surface area contributed by atoms with Crippen molar-refractivity contribution in [1.82, 2.24) is 9.78 Å². The number of anilines is 1. The maximum absolute atomic E-state index is 12.3. The Morgan fingerprint density at radius 1 is 1.38 bits per heavy atom. The lowest BCUT2D eigenvalue weighted by Crippen LogP contribution is -2.14. The lowest BCUT2D eigenvalue weighted by Gasteiger charge is -2.07. The zero-order chi connectivity index (χ0) is 15.5. The normalized spacial score (nSPS) is 10.8. The molecule has 0 bridgehead atoms. The second-order valence-corrected chi connectivity index (χ2v) is 6.15. The first kappa shape index (κ1) is 15.1. The molecule has 6 nitrogen and oxygen atoms in total. The number of nitrogens with zero attached hydrogens (tertiary/aromatic N) is 2. The Labute approximate surface area is 124 Å². The van der Waals surface area contributed by atoms with Crippen molar-refractivity contribution in [3.63, 3.8) is 0 Å². The van der Waals surface area contributed by atoms with Gasteiger partial charge in [0.1, 0.15) is 0 Å². The first-order chi connectivity index (χ1) is 9.92. The van der Waals surface area contributed by atoms with Crippen molar-refractivity contribution in [2.75, 3.05) is 11.3 Å². The minimum absolute atomic E-state index is 0.170. The van der Waals surface area contributed by atoms with Gasteiger partial charge in [-0.25, -0.2) is 8.42 Å². The van der Waals surface area contributed by atoms with Gasteiger partial charge < -0.3 is 5.73 Å². The van der Waals surface area contributed by atoms with E-state index in [2.05, 4.69) is 21.7 Å². The number of sulfonamides is 1. The molecule has 0 atom stereocenters. The van der Waals surface area contributed by atoms with E-state index in [9.17, 15) is 8.42 Å². The van der Waals surface area contributed by atoms with Gasteiger partial charge in [0.15, 0.2) is 5.82 Å². The van der Waals surface area contributed by atoms with Gasteiger partial charge in [-0.2, -0.15) is 5.10 Å². The molecule has 2 rings (SSSR count). The second kappa shape index (κ2) is 5.99. The number of rotatable bonds is 3. The third kappa shape index (κ3) is 3.62. The minimum Gasteiger partial charge on any atom is -0.320 e. The van der Waals surface area contributed by atoms with Crippen LogP contribution in [-0.4, -0.2) is 24.7 Å².